The van der Waals surface area contributed by atoms with Crippen LogP contribution in [0.25, 0.3) is 17.1 Å². The zero-order chi connectivity index (χ0) is 27.6. The molecule has 0 bridgehead atoms. The van der Waals surface area contributed by atoms with Gasteiger partial charge in [0.05, 0.1) is 19.1 Å². The monoisotopic (exact) mass is 550 g/mol. The molecule has 3 aromatic carbocycles. The number of hydrazone groups is 1. The Hall–Kier alpha value is -4.96. The number of carbonyl (C=O) groups excluding carboxylic acids is 1. The first-order valence-corrected chi connectivity index (χ1v) is 13.4. The van der Waals surface area contributed by atoms with Gasteiger partial charge in [-0.25, -0.2) is 5.43 Å². The molecule has 0 saturated heterocycles. The number of methoxy groups -OCH3 is 1. The Morgan fingerprint density at radius 2 is 1.77 bits per heavy atom. The zero-order valence-electron chi connectivity index (χ0n) is 21.7. The molecule has 0 radical (unpaired) electrons. The molecule has 0 aliphatic heterocycles. The lowest BCUT2D eigenvalue weighted by atomic mass is 10.2. The van der Waals surface area contributed by atoms with Crippen molar-refractivity contribution in [2.75, 3.05) is 12.9 Å². The lowest BCUT2D eigenvalue weighted by Crippen LogP contribution is -2.20. The van der Waals surface area contributed by atoms with E-state index < -0.39 is 0 Å². The fraction of sp³-hybridized carbons (Fsp3) is 0.100. The van der Waals surface area contributed by atoms with Gasteiger partial charge in [-0.15, -0.1) is 10.2 Å². The molecule has 1 amide bonds. The third kappa shape index (κ3) is 6.72. The van der Waals surface area contributed by atoms with E-state index >= 15 is 0 Å². The van der Waals surface area contributed by atoms with E-state index in [1.54, 1.807) is 25.7 Å². The van der Waals surface area contributed by atoms with Gasteiger partial charge in [-0.05, 0) is 54.1 Å². The Morgan fingerprint density at radius 3 is 2.60 bits per heavy atom. The van der Waals surface area contributed by atoms with Gasteiger partial charge < -0.3 is 9.47 Å². The summed E-state index contributed by atoms with van der Waals surface area (Å²) in [6.07, 6.45) is 4.98. The van der Waals surface area contributed by atoms with Crippen molar-refractivity contribution in [3.63, 3.8) is 0 Å². The molecule has 40 heavy (non-hydrogen) atoms. The van der Waals surface area contributed by atoms with E-state index in [1.165, 1.54) is 11.8 Å². The summed E-state index contributed by atoms with van der Waals surface area (Å²) in [5.74, 6) is 1.92. The van der Waals surface area contributed by atoms with E-state index in [2.05, 4.69) is 25.7 Å². The van der Waals surface area contributed by atoms with Gasteiger partial charge in [0.25, 0.3) is 5.91 Å². The molecule has 2 aromatic heterocycles. The van der Waals surface area contributed by atoms with Crippen molar-refractivity contribution in [3.05, 3.63) is 115 Å². The molecular formula is C30H26N6O3S. The number of ether oxygens (including phenoxy) is 2. The molecule has 0 atom stereocenters. The van der Waals surface area contributed by atoms with Crippen LogP contribution >= 0.6 is 11.8 Å². The van der Waals surface area contributed by atoms with E-state index in [1.807, 2.05) is 95.6 Å². The molecule has 0 fully saturated rings. The number of amides is 1. The predicted molar refractivity (Wildman–Crippen MR) is 155 cm³/mol. The average Bonchev–Trinajstić information content (AvgIpc) is 3.44. The third-order valence-corrected chi connectivity index (χ3v) is 6.69. The number of rotatable bonds is 11. The first-order chi connectivity index (χ1) is 19.7. The number of nitrogens with zero attached hydrogens (tertiary/aromatic N) is 5. The average molecular weight is 551 g/mol. The van der Waals surface area contributed by atoms with Gasteiger partial charge in [0.2, 0.25) is 0 Å². The van der Waals surface area contributed by atoms with Gasteiger partial charge in [0.15, 0.2) is 11.0 Å². The minimum atomic E-state index is -0.274. The molecule has 2 heterocycles. The molecule has 5 rings (SSSR count). The summed E-state index contributed by atoms with van der Waals surface area (Å²) >= 11 is 1.28. The van der Waals surface area contributed by atoms with Crippen LogP contribution in [0.5, 0.6) is 11.5 Å². The summed E-state index contributed by atoms with van der Waals surface area (Å²) in [6, 6.07) is 28.7. The summed E-state index contributed by atoms with van der Waals surface area (Å²) in [7, 11) is 1.63. The smallest absolute Gasteiger partial charge is 0.250 e. The molecule has 0 saturated carbocycles. The molecule has 9 nitrogen and oxygen atoms in total. The first kappa shape index (κ1) is 26.6. The SMILES string of the molecule is COc1cccc(COc2ccccc2C=NNC(=O)CSc2nnc(-c3ccncc3)n2-c2ccccc2)c1. The van der Waals surface area contributed by atoms with Crippen LogP contribution in [-0.2, 0) is 11.4 Å². The van der Waals surface area contributed by atoms with Crippen molar-refractivity contribution in [2.45, 2.75) is 11.8 Å². The van der Waals surface area contributed by atoms with Gasteiger partial charge in [0, 0.05) is 29.2 Å². The number of hydrogen-bond donors (Lipinski definition) is 1. The molecule has 0 aliphatic carbocycles. The first-order valence-electron chi connectivity index (χ1n) is 12.4. The number of aromatic nitrogens is 4. The number of pyridine rings is 1. The van der Waals surface area contributed by atoms with E-state index in [0.717, 1.165) is 28.1 Å². The van der Waals surface area contributed by atoms with Gasteiger partial charge in [0.1, 0.15) is 18.1 Å². The molecule has 1 N–H and O–H groups in total. The Balaban J connectivity index is 1.22. The Labute approximate surface area is 235 Å². The summed E-state index contributed by atoms with van der Waals surface area (Å²) in [5.41, 5.74) is 6.07. The van der Waals surface area contributed by atoms with Crippen LogP contribution in [0.2, 0.25) is 0 Å². The zero-order valence-corrected chi connectivity index (χ0v) is 22.5. The third-order valence-electron chi connectivity index (χ3n) is 5.76. The largest absolute Gasteiger partial charge is 0.497 e. The summed E-state index contributed by atoms with van der Waals surface area (Å²) < 4.78 is 13.2. The van der Waals surface area contributed by atoms with Crippen molar-refractivity contribution in [2.24, 2.45) is 5.10 Å². The standard InChI is InChI=1S/C30H26N6O3S/c1-38-26-12-7-8-22(18-26)20-39-27-13-6-5-9-24(27)19-32-33-28(37)21-40-30-35-34-29(23-14-16-31-17-15-23)36(30)25-10-3-2-4-11-25/h2-19H,20-21H2,1H3,(H,33,37). The van der Waals surface area contributed by atoms with Crippen LogP contribution < -0.4 is 14.9 Å². The fourth-order valence-electron chi connectivity index (χ4n) is 3.84. The van der Waals surface area contributed by atoms with Crippen molar-refractivity contribution in [1.29, 1.82) is 0 Å². The number of carbonyl (C=O) groups is 1. The highest BCUT2D eigenvalue weighted by molar-refractivity contribution is 7.99. The van der Waals surface area contributed by atoms with Gasteiger partial charge >= 0.3 is 0 Å². The topological polar surface area (TPSA) is 104 Å². The quantitative estimate of drug-likeness (QED) is 0.138. The second-order valence-electron chi connectivity index (χ2n) is 8.47. The van der Waals surface area contributed by atoms with E-state index in [4.69, 9.17) is 9.47 Å². The highest BCUT2D eigenvalue weighted by Crippen LogP contribution is 2.27. The molecule has 0 spiro atoms. The number of thioether (sulfide) groups is 1. The van der Waals surface area contributed by atoms with Gasteiger partial charge in [-0.2, -0.15) is 5.10 Å². The lowest BCUT2D eigenvalue weighted by Gasteiger charge is -2.10. The number of para-hydroxylation sites is 2. The molecule has 0 aliphatic rings. The maximum absolute atomic E-state index is 12.6. The molecule has 5 aromatic rings. The van der Waals surface area contributed by atoms with Gasteiger partial charge in [-0.1, -0.05) is 54.2 Å². The Bertz CT molecular complexity index is 1590. The van der Waals surface area contributed by atoms with Crippen LogP contribution in [0.3, 0.4) is 0 Å². The number of hydrogen-bond acceptors (Lipinski definition) is 8. The summed E-state index contributed by atoms with van der Waals surface area (Å²) in [6.45, 7) is 0.370. The number of benzene rings is 3. The lowest BCUT2D eigenvalue weighted by molar-refractivity contribution is -0.118. The molecule has 10 heteroatoms. The number of nitrogens with one attached hydrogen (secondary N) is 1. The van der Waals surface area contributed by atoms with Crippen LogP contribution in [-0.4, -0.2) is 44.7 Å². The molecule has 0 unspecified atom stereocenters. The Kier molecular flexibility index (Phi) is 8.80. The summed E-state index contributed by atoms with van der Waals surface area (Å²) in [4.78, 5) is 16.7. The van der Waals surface area contributed by atoms with Crippen molar-refractivity contribution >= 4 is 23.9 Å². The van der Waals surface area contributed by atoms with E-state index in [9.17, 15) is 4.79 Å². The molecule has 200 valence electrons. The van der Waals surface area contributed by atoms with Crippen LogP contribution in [0.1, 0.15) is 11.1 Å². The Morgan fingerprint density at radius 1 is 0.975 bits per heavy atom. The van der Waals surface area contributed by atoms with Crippen LogP contribution in [0, 0.1) is 0 Å². The molecular weight excluding hydrogens is 524 g/mol. The predicted octanol–water partition coefficient (Wildman–Crippen LogP) is 5.16. The normalized spacial score (nSPS) is 10.9. The minimum absolute atomic E-state index is 0.104. The van der Waals surface area contributed by atoms with E-state index in [0.29, 0.717) is 23.3 Å². The summed E-state index contributed by atoms with van der Waals surface area (Å²) in [5, 5.41) is 13.5. The highest BCUT2D eigenvalue weighted by atomic mass is 32.2. The highest BCUT2D eigenvalue weighted by Gasteiger charge is 2.17. The second kappa shape index (κ2) is 13.2. The van der Waals surface area contributed by atoms with Crippen molar-refractivity contribution < 1.29 is 14.3 Å². The second-order valence-corrected chi connectivity index (χ2v) is 9.42. The maximum Gasteiger partial charge on any atom is 0.250 e. The fourth-order valence-corrected chi connectivity index (χ4v) is 4.58. The maximum atomic E-state index is 12.6. The van der Waals surface area contributed by atoms with Crippen molar-refractivity contribution in [1.82, 2.24) is 25.2 Å². The van der Waals surface area contributed by atoms with E-state index in [-0.39, 0.29) is 11.7 Å². The van der Waals surface area contributed by atoms with Crippen LogP contribution in [0.15, 0.2) is 114 Å². The van der Waals surface area contributed by atoms with Crippen LogP contribution in [0.4, 0.5) is 0 Å². The van der Waals surface area contributed by atoms with Crippen molar-refractivity contribution in [3.8, 4) is 28.6 Å². The van der Waals surface area contributed by atoms with Gasteiger partial charge in [-0.3, -0.25) is 14.3 Å². The minimum Gasteiger partial charge on any atom is -0.497 e.